The molecule has 1 amide bonds. The summed E-state index contributed by atoms with van der Waals surface area (Å²) < 4.78 is 52.3. The van der Waals surface area contributed by atoms with Crippen molar-refractivity contribution in [3.63, 3.8) is 0 Å². The molecule has 0 heterocycles. The van der Waals surface area contributed by atoms with Gasteiger partial charge < -0.3 is 5.32 Å². The Morgan fingerprint density at radius 1 is 0.926 bits per heavy atom. The van der Waals surface area contributed by atoms with Gasteiger partial charge >= 0.3 is 6.18 Å². The van der Waals surface area contributed by atoms with Crippen molar-refractivity contribution in [3.8, 4) is 11.1 Å². The van der Waals surface area contributed by atoms with Gasteiger partial charge in [-0.05, 0) is 48.0 Å². The Hall–Kier alpha value is -2.86. The minimum Gasteiger partial charge on any atom is -0.322 e. The van der Waals surface area contributed by atoms with Crippen LogP contribution in [0, 0.1) is 5.82 Å². The molecule has 3 aromatic rings. The van der Waals surface area contributed by atoms with Gasteiger partial charge in [0.2, 0.25) is 0 Å². The lowest BCUT2D eigenvalue weighted by Crippen LogP contribution is -2.13. The first-order valence-electron chi connectivity index (χ1n) is 7.79. The number of carbonyl (C=O) groups excluding carboxylic acids is 1. The molecule has 138 valence electrons. The first-order chi connectivity index (χ1) is 12.8. The van der Waals surface area contributed by atoms with Crippen molar-refractivity contribution < 1.29 is 22.4 Å². The van der Waals surface area contributed by atoms with Crippen molar-refractivity contribution in [2.45, 2.75) is 6.18 Å². The van der Waals surface area contributed by atoms with Crippen molar-refractivity contribution >= 4 is 23.2 Å². The molecule has 0 fully saturated rings. The van der Waals surface area contributed by atoms with E-state index in [1.165, 1.54) is 54.6 Å². The topological polar surface area (TPSA) is 29.1 Å². The minimum absolute atomic E-state index is 0.109. The monoisotopic (exact) mass is 393 g/mol. The van der Waals surface area contributed by atoms with Gasteiger partial charge in [-0.1, -0.05) is 35.9 Å². The maximum Gasteiger partial charge on any atom is 0.416 e. The predicted octanol–water partition coefficient (Wildman–Crippen LogP) is 6.42. The molecule has 1 N–H and O–H groups in total. The van der Waals surface area contributed by atoms with Crippen molar-refractivity contribution in [3.05, 3.63) is 88.7 Å². The third kappa shape index (κ3) is 4.28. The van der Waals surface area contributed by atoms with Gasteiger partial charge in [-0.15, -0.1) is 0 Å². The molecule has 0 aliphatic heterocycles. The van der Waals surface area contributed by atoms with Gasteiger partial charge in [-0.2, -0.15) is 13.2 Å². The maximum absolute atomic E-state index is 13.6. The molecular weight excluding hydrogens is 382 g/mol. The van der Waals surface area contributed by atoms with Gasteiger partial charge in [0.25, 0.3) is 5.91 Å². The second-order valence-electron chi connectivity index (χ2n) is 5.70. The Kier molecular flexibility index (Phi) is 5.19. The maximum atomic E-state index is 13.6. The quantitative estimate of drug-likeness (QED) is 0.511. The van der Waals surface area contributed by atoms with E-state index in [2.05, 4.69) is 5.32 Å². The summed E-state index contributed by atoms with van der Waals surface area (Å²) >= 11 is 6.02. The second-order valence-corrected chi connectivity index (χ2v) is 6.11. The molecule has 0 radical (unpaired) electrons. The molecule has 0 bridgehead atoms. The van der Waals surface area contributed by atoms with Gasteiger partial charge in [-0.3, -0.25) is 4.79 Å². The third-order valence-electron chi connectivity index (χ3n) is 3.87. The fourth-order valence-electron chi connectivity index (χ4n) is 2.50. The van der Waals surface area contributed by atoms with Crippen LogP contribution >= 0.6 is 11.6 Å². The zero-order chi connectivity index (χ0) is 19.6. The summed E-state index contributed by atoms with van der Waals surface area (Å²) in [6.07, 6.45) is -4.48. The molecule has 3 aromatic carbocycles. The lowest BCUT2D eigenvalue weighted by atomic mass is 10.0. The zero-order valence-corrected chi connectivity index (χ0v) is 14.4. The van der Waals surface area contributed by atoms with Gasteiger partial charge in [0.15, 0.2) is 0 Å². The van der Waals surface area contributed by atoms with Gasteiger partial charge in [0.1, 0.15) is 5.82 Å². The predicted molar refractivity (Wildman–Crippen MR) is 96.2 cm³/mol. The molecule has 0 aliphatic rings. The van der Waals surface area contributed by atoms with Crippen LogP contribution < -0.4 is 5.32 Å². The van der Waals surface area contributed by atoms with Crippen molar-refractivity contribution in [1.29, 1.82) is 0 Å². The molecule has 27 heavy (non-hydrogen) atoms. The minimum atomic E-state index is -4.48. The summed E-state index contributed by atoms with van der Waals surface area (Å²) in [6.45, 7) is 0. The fraction of sp³-hybridized carbons (Fsp3) is 0.0500. The largest absolute Gasteiger partial charge is 0.416 e. The zero-order valence-electron chi connectivity index (χ0n) is 13.6. The molecule has 0 aromatic heterocycles. The van der Waals surface area contributed by atoms with Crippen LogP contribution in [0.15, 0.2) is 66.7 Å². The molecule has 7 heteroatoms. The number of halogens is 5. The van der Waals surface area contributed by atoms with Crippen LogP contribution in [0.1, 0.15) is 15.9 Å². The number of hydrogen-bond acceptors (Lipinski definition) is 1. The third-order valence-corrected chi connectivity index (χ3v) is 4.20. The molecule has 0 aliphatic carbocycles. The highest BCUT2D eigenvalue weighted by atomic mass is 35.5. The van der Waals surface area contributed by atoms with Crippen molar-refractivity contribution in [2.75, 3.05) is 5.32 Å². The van der Waals surface area contributed by atoms with Crippen LogP contribution in [0.2, 0.25) is 5.02 Å². The number of anilines is 1. The molecule has 0 saturated heterocycles. The Balaban J connectivity index is 1.84. The van der Waals surface area contributed by atoms with Crippen LogP contribution in [0.4, 0.5) is 23.2 Å². The molecule has 2 nitrogen and oxygen atoms in total. The molecule has 0 unspecified atom stereocenters. The van der Waals surface area contributed by atoms with Crippen molar-refractivity contribution in [1.82, 2.24) is 0 Å². The lowest BCUT2D eigenvalue weighted by molar-refractivity contribution is -0.137. The van der Waals surface area contributed by atoms with E-state index in [1.807, 2.05) is 0 Å². The van der Waals surface area contributed by atoms with Crippen LogP contribution in [0.5, 0.6) is 0 Å². The number of hydrogen-bond donors (Lipinski definition) is 1. The van der Waals surface area contributed by atoms with Crippen molar-refractivity contribution in [2.24, 2.45) is 0 Å². The Labute approximate surface area is 157 Å². The van der Waals surface area contributed by atoms with E-state index in [-0.39, 0.29) is 16.1 Å². The van der Waals surface area contributed by atoms with Crippen LogP contribution in [0.25, 0.3) is 11.1 Å². The number of benzene rings is 3. The van der Waals surface area contributed by atoms with Gasteiger partial charge in [-0.25, -0.2) is 4.39 Å². The van der Waals surface area contributed by atoms with Crippen LogP contribution in [0.3, 0.4) is 0 Å². The Morgan fingerprint density at radius 2 is 1.59 bits per heavy atom. The highest BCUT2D eigenvalue weighted by molar-refractivity contribution is 6.33. The average Bonchev–Trinajstić information content (AvgIpc) is 2.62. The number of alkyl halides is 3. The van der Waals surface area contributed by atoms with E-state index < -0.39 is 23.5 Å². The second kappa shape index (κ2) is 7.40. The Morgan fingerprint density at radius 3 is 2.22 bits per heavy atom. The molecular formula is C20H12ClF4NO. The van der Waals surface area contributed by atoms with E-state index >= 15 is 0 Å². The number of carbonyl (C=O) groups is 1. The first-order valence-corrected chi connectivity index (χ1v) is 8.16. The lowest BCUT2D eigenvalue weighted by Gasteiger charge is -2.11. The van der Waals surface area contributed by atoms with Gasteiger partial charge in [0, 0.05) is 16.3 Å². The molecule has 0 spiro atoms. The standard InChI is InChI=1S/C20H12ClF4NO/c21-17-10-7-13(20(23,24)25)11-16(17)12-5-8-14(9-6-12)26-19(27)15-3-1-2-4-18(15)22/h1-11H,(H,26,27). The van der Waals surface area contributed by atoms with E-state index in [9.17, 15) is 22.4 Å². The molecule has 3 rings (SSSR count). The number of amides is 1. The van der Waals surface area contributed by atoms with Crippen LogP contribution in [-0.2, 0) is 6.18 Å². The van der Waals surface area contributed by atoms with E-state index in [1.54, 1.807) is 0 Å². The van der Waals surface area contributed by atoms with Gasteiger partial charge in [0.05, 0.1) is 11.1 Å². The van der Waals surface area contributed by atoms with E-state index in [4.69, 9.17) is 11.6 Å². The summed E-state index contributed by atoms with van der Waals surface area (Å²) in [7, 11) is 0. The number of rotatable bonds is 3. The highest BCUT2D eigenvalue weighted by Crippen LogP contribution is 2.36. The summed E-state index contributed by atoms with van der Waals surface area (Å²) in [5, 5.41) is 2.71. The summed E-state index contributed by atoms with van der Waals surface area (Å²) in [5.74, 6) is -1.28. The van der Waals surface area contributed by atoms with Crippen LogP contribution in [-0.4, -0.2) is 5.91 Å². The summed E-state index contributed by atoms with van der Waals surface area (Å²) in [5.41, 5.74) is 0.130. The normalized spacial score (nSPS) is 11.3. The average molecular weight is 394 g/mol. The smallest absolute Gasteiger partial charge is 0.322 e. The first kappa shape index (κ1) is 18.9. The molecule has 0 saturated carbocycles. The van der Waals surface area contributed by atoms with E-state index in [0.29, 0.717) is 11.3 Å². The Bertz CT molecular complexity index is 984. The fourth-order valence-corrected chi connectivity index (χ4v) is 2.73. The highest BCUT2D eigenvalue weighted by Gasteiger charge is 2.31. The SMILES string of the molecule is O=C(Nc1ccc(-c2cc(C(F)(F)F)ccc2Cl)cc1)c1ccccc1F. The number of nitrogens with one attached hydrogen (secondary N) is 1. The molecule has 0 atom stereocenters. The summed E-state index contributed by atoms with van der Waals surface area (Å²) in [4.78, 5) is 12.1. The summed E-state index contributed by atoms with van der Waals surface area (Å²) in [6, 6.07) is 14.7. The van der Waals surface area contributed by atoms with E-state index in [0.717, 1.165) is 12.1 Å².